The maximum Gasteiger partial charge on any atom is 0.336 e. The third-order valence-corrected chi connectivity index (χ3v) is 4.55. The van der Waals surface area contributed by atoms with Gasteiger partial charge in [0, 0.05) is 12.1 Å². The third-order valence-electron chi connectivity index (χ3n) is 4.55. The summed E-state index contributed by atoms with van der Waals surface area (Å²) >= 11 is 0. The number of ether oxygens (including phenoxy) is 2. The number of fused-ring (bicyclic) bond motifs is 1. The second-order valence-electron chi connectivity index (χ2n) is 6.62. The van der Waals surface area contributed by atoms with E-state index in [9.17, 15) is 9.59 Å². The highest BCUT2D eigenvalue weighted by Crippen LogP contribution is 2.35. The fourth-order valence-corrected chi connectivity index (χ4v) is 3.00. The van der Waals surface area contributed by atoms with Crippen LogP contribution in [-0.4, -0.2) is 11.8 Å². The predicted octanol–water partition coefficient (Wildman–Crippen LogP) is 5.23. The van der Waals surface area contributed by atoms with Crippen LogP contribution in [0.4, 0.5) is 0 Å². The van der Waals surface area contributed by atoms with Crippen LogP contribution in [0.1, 0.15) is 27.0 Å². The second-order valence-corrected chi connectivity index (χ2v) is 6.62. The minimum Gasteiger partial charge on any atom is -0.452 e. The molecule has 1 heterocycles. The van der Waals surface area contributed by atoms with Gasteiger partial charge in [0.1, 0.15) is 11.5 Å². The van der Waals surface area contributed by atoms with E-state index in [4.69, 9.17) is 9.47 Å². The topological polar surface area (TPSA) is 52.6 Å². The number of carbonyl (C=O) groups is 2. The number of hydrogen-bond donors (Lipinski definition) is 0. The number of esters is 1. The zero-order valence-corrected chi connectivity index (χ0v) is 15.8. The minimum absolute atomic E-state index is 0.190. The van der Waals surface area contributed by atoms with Crippen molar-refractivity contribution in [3.05, 3.63) is 107 Å². The normalized spacial score (nSPS) is 14.1. The second kappa shape index (κ2) is 7.98. The summed E-state index contributed by atoms with van der Waals surface area (Å²) in [5, 5.41) is 0. The zero-order valence-electron chi connectivity index (χ0n) is 15.8. The van der Waals surface area contributed by atoms with Crippen LogP contribution < -0.4 is 9.47 Å². The first kappa shape index (κ1) is 18.4. The van der Waals surface area contributed by atoms with Crippen molar-refractivity contribution < 1.29 is 19.1 Å². The van der Waals surface area contributed by atoms with Gasteiger partial charge in [-0.05, 0) is 47.9 Å². The van der Waals surface area contributed by atoms with Gasteiger partial charge in [0.05, 0.1) is 5.56 Å². The highest BCUT2D eigenvalue weighted by atomic mass is 16.5. The van der Waals surface area contributed by atoms with Crippen molar-refractivity contribution in [2.75, 3.05) is 0 Å². The van der Waals surface area contributed by atoms with E-state index in [1.807, 2.05) is 61.5 Å². The molecule has 1 aliphatic rings. The molecule has 0 spiro atoms. The average molecular weight is 382 g/mol. The molecule has 0 fully saturated rings. The van der Waals surface area contributed by atoms with Crippen molar-refractivity contribution in [3.8, 4) is 11.5 Å². The molecular weight excluding hydrogens is 364 g/mol. The minimum atomic E-state index is -0.506. The number of rotatable bonds is 4. The van der Waals surface area contributed by atoms with E-state index in [1.165, 1.54) is 6.08 Å². The van der Waals surface area contributed by atoms with Crippen LogP contribution in [0.5, 0.6) is 11.5 Å². The Morgan fingerprint density at radius 3 is 2.52 bits per heavy atom. The fraction of sp³-hybridized carbons (Fsp3) is 0.0400. The average Bonchev–Trinajstić information content (AvgIpc) is 3.04. The van der Waals surface area contributed by atoms with Gasteiger partial charge in [0.2, 0.25) is 5.78 Å². The Labute approximate surface area is 168 Å². The van der Waals surface area contributed by atoms with Gasteiger partial charge in [0.25, 0.3) is 0 Å². The number of allylic oxidation sites excluding steroid dienone is 1. The number of carbonyl (C=O) groups excluding carboxylic acids is 2. The Morgan fingerprint density at radius 1 is 0.966 bits per heavy atom. The standard InChI is InChI=1S/C25H18O4/c1-17-7-5-6-10-19(17)15-23-25(27)21-13-12-20(16-22(21)29-23)28-24(26)14-11-18-8-3-2-4-9-18/h2-16H,1H3/b14-11+,23-15+. The van der Waals surface area contributed by atoms with Crippen LogP contribution in [0, 0.1) is 6.92 Å². The summed E-state index contributed by atoms with van der Waals surface area (Å²) in [6.07, 6.45) is 4.77. The molecule has 0 saturated carbocycles. The molecule has 1 aliphatic heterocycles. The van der Waals surface area contributed by atoms with Crippen LogP contribution >= 0.6 is 0 Å². The molecule has 4 nitrogen and oxygen atoms in total. The van der Waals surface area contributed by atoms with Gasteiger partial charge in [-0.15, -0.1) is 0 Å². The Morgan fingerprint density at radius 2 is 1.72 bits per heavy atom. The summed E-state index contributed by atoms with van der Waals surface area (Å²) in [7, 11) is 0. The molecule has 0 saturated heterocycles. The molecule has 0 aliphatic carbocycles. The molecular formula is C25H18O4. The Kier molecular flexibility index (Phi) is 5.08. The van der Waals surface area contributed by atoms with Gasteiger partial charge in [-0.1, -0.05) is 54.6 Å². The number of ketones is 1. The monoisotopic (exact) mass is 382 g/mol. The summed E-state index contributed by atoms with van der Waals surface area (Å²) in [5.41, 5.74) is 3.32. The SMILES string of the molecule is Cc1ccccc1/C=C1/Oc2cc(OC(=O)/C=C/c3ccccc3)ccc2C1=O. The number of hydrogen-bond acceptors (Lipinski definition) is 4. The largest absolute Gasteiger partial charge is 0.452 e. The molecule has 4 heteroatoms. The Bertz CT molecular complexity index is 1140. The third kappa shape index (κ3) is 4.17. The molecule has 3 aromatic rings. The molecule has 0 unspecified atom stereocenters. The molecule has 142 valence electrons. The first-order valence-corrected chi connectivity index (χ1v) is 9.19. The molecule has 29 heavy (non-hydrogen) atoms. The molecule has 0 aromatic heterocycles. The van der Waals surface area contributed by atoms with Crippen molar-refractivity contribution in [2.24, 2.45) is 0 Å². The zero-order chi connectivity index (χ0) is 20.2. The van der Waals surface area contributed by atoms with E-state index >= 15 is 0 Å². The lowest BCUT2D eigenvalue weighted by molar-refractivity contribution is -0.128. The molecule has 0 amide bonds. The van der Waals surface area contributed by atoms with Crippen LogP contribution in [-0.2, 0) is 4.79 Å². The molecule has 3 aromatic carbocycles. The first-order chi connectivity index (χ1) is 14.1. The molecule has 0 atom stereocenters. The highest BCUT2D eigenvalue weighted by Gasteiger charge is 2.28. The number of benzene rings is 3. The van der Waals surface area contributed by atoms with Crippen molar-refractivity contribution in [2.45, 2.75) is 6.92 Å². The van der Waals surface area contributed by atoms with E-state index < -0.39 is 5.97 Å². The first-order valence-electron chi connectivity index (χ1n) is 9.19. The molecule has 0 radical (unpaired) electrons. The Balaban J connectivity index is 1.49. The fourth-order valence-electron chi connectivity index (χ4n) is 3.00. The van der Waals surface area contributed by atoms with E-state index in [2.05, 4.69) is 0 Å². The van der Waals surface area contributed by atoms with Gasteiger partial charge < -0.3 is 9.47 Å². The van der Waals surface area contributed by atoms with Crippen molar-refractivity contribution in [3.63, 3.8) is 0 Å². The predicted molar refractivity (Wildman–Crippen MR) is 112 cm³/mol. The summed E-state index contributed by atoms with van der Waals surface area (Å²) in [4.78, 5) is 24.7. The summed E-state index contributed by atoms with van der Waals surface area (Å²) in [6.45, 7) is 1.97. The lowest BCUT2D eigenvalue weighted by Gasteiger charge is -2.04. The number of Topliss-reactive ketones (excluding diaryl/α,β-unsaturated/α-hetero) is 1. The van der Waals surface area contributed by atoms with Gasteiger partial charge >= 0.3 is 5.97 Å². The van der Waals surface area contributed by atoms with Crippen LogP contribution in [0.25, 0.3) is 12.2 Å². The Hall–Kier alpha value is -3.92. The van der Waals surface area contributed by atoms with Crippen LogP contribution in [0.2, 0.25) is 0 Å². The van der Waals surface area contributed by atoms with E-state index in [1.54, 1.807) is 30.4 Å². The van der Waals surface area contributed by atoms with Crippen molar-refractivity contribution in [1.29, 1.82) is 0 Å². The molecule has 4 rings (SSSR count). The number of aryl methyl sites for hydroxylation is 1. The van der Waals surface area contributed by atoms with Crippen molar-refractivity contribution in [1.82, 2.24) is 0 Å². The van der Waals surface area contributed by atoms with Crippen LogP contribution in [0.3, 0.4) is 0 Å². The van der Waals surface area contributed by atoms with Crippen LogP contribution in [0.15, 0.2) is 84.6 Å². The van der Waals surface area contributed by atoms with E-state index in [-0.39, 0.29) is 11.5 Å². The van der Waals surface area contributed by atoms with Gasteiger partial charge in [-0.2, -0.15) is 0 Å². The van der Waals surface area contributed by atoms with Gasteiger partial charge in [-0.3, -0.25) is 4.79 Å². The molecule has 0 bridgehead atoms. The quantitative estimate of drug-likeness (QED) is 0.352. The summed E-state index contributed by atoms with van der Waals surface area (Å²) in [6, 6.07) is 22.0. The lowest BCUT2D eigenvalue weighted by atomic mass is 10.1. The lowest BCUT2D eigenvalue weighted by Crippen LogP contribution is -2.03. The van der Waals surface area contributed by atoms with Gasteiger partial charge in [-0.25, -0.2) is 4.79 Å². The maximum atomic E-state index is 12.6. The van der Waals surface area contributed by atoms with Crippen molar-refractivity contribution >= 4 is 23.9 Å². The maximum absolute atomic E-state index is 12.6. The summed E-state index contributed by atoms with van der Waals surface area (Å²) < 4.78 is 11.1. The van der Waals surface area contributed by atoms with E-state index in [0.29, 0.717) is 17.1 Å². The smallest absolute Gasteiger partial charge is 0.336 e. The van der Waals surface area contributed by atoms with E-state index in [0.717, 1.165) is 16.7 Å². The molecule has 0 N–H and O–H groups in total. The highest BCUT2D eigenvalue weighted by molar-refractivity contribution is 6.14. The summed E-state index contributed by atoms with van der Waals surface area (Å²) in [5.74, 6) is 0.254. The van der Waals surface area contributed by atoms with Gasteiger partial charge in [0.15, 0.2) is 5.76 Å².